The number of carbonyl (C=O) groups is 1. The van der Waals surface area contributed by atoms with Gasteiger partial charge in [-0.1, -0.05) is 6.42 Å². The molecule has 4 atom stereocenters. The highest BCUT2D eigenvalue weighted by Crippen LogP contribution is 2.49. The minimum Gasteiger partial charge on any atom is -0.381 e. The fourth-order valence-electron chi connectivity index (χ4n) is 5.14. The number of urea groups is 1. The van der Waals surface area contributed by atoms with Gasteiger partial charge in [0.2, 0.25) is 0 Å². The average Bonchev–Trinajstić information content (AvgIpc) is 3.44. The molecule has 1 aromatic carbocycles. The van der Waals surface area contributed by atoms with Crippen LogP contribution in [0.1, 0.15) is 49.2 Å². The van der Waals surface area contributed by atoms with E-state index in [1.807, 2.05) is 0 Å². The number of aromatic nitrogens is 2. The van der Waals surface area contributed by atoms with Crippen molar-refractivity contribution in [2.24, 2.45) is 16.9 Å². The summed E-state index contributed by atoms with van der Waals surface area (Å²) in [6.45, 7) is 0.491. The normalized spacial score (nSPS) is 27.2. The number of amides is 2. The minimum absolute atomic E-state index is 0.144. The molecule has 0 radical (unpaired) electrons. The van der Waals surface area contributed by atoms with Crippen LogP contribution < -0.4 is 5.73 Å². The lowest BCUT2D eigenvalue weighted by molar-refractivity contribution is 0.129. The van der Waals surface area contributed by atoms with Gasteiger partial charge in [0, 0.05) is 25.2 Å². The molecule has 7 nitrogen and oxygen atoms in total. The number of halogens is 3. The molecule has 0 bridgehead atoms. The molecule has 3 aliphatic rings. The Kier molecular flexibility index (Phi) is 4.79. The maximum absolute atomic E-state index is 13.8. The van der Waals surface area contributed by atoms with E-state index in [-0.39, 0.29) is 17.7 Å². The first-order chi connectivity index (χ1) is 14.9. The van der Waals surface area contributed by atoms with Crippen molar-refractivity contribution in [1.82, 2.24) is 19.9 Å². The molecule has 5 rings (SSSR count). The lowest BCUT2D eigenvalue weighted by Gasteiger charge is -2.32. The molecule has 3 heterocycles. The Morgan fingerprint density at radius 2 is 1.90 bits per heavy atom. The van der Waals surface area contributed by atoms with Crippen molar-refractivity contribution in [3.05, 3.63) is 53.2 Å². The van der Waals surface area contributed by atoms with Gasteiger partial charge < -0.3 is 10.6 Å². The van der Waals surface area contributed by atoms with E-state index in [9.17, 15) is 18.0 Å². The Balaban J connectivity index is 1.47. The zero-order valence-corrected chi connectivity index (χ0v) is 16.6. The number of carbonyl (C=O) groups excluding carboxylic acids is 1. The number of anilines is 1. The van der Waals surface area contributed by atoms with Crippen molar-refractivity contribution in [1.29, 1.82) is 0 Å². The third-order valence-electron chi connectivity index (χ3n) is 6.49. The summed E-state index contributed by atoms with van der Waals surface area (Å²) < 4.78 is 41.2. The molecule has 1 aromatic heterocycles. The van der Waals surface area contributed by atoms with E-state index in [2.05, 4.69) is 15.1 Å². The quantitative estimate of drug-likeness (QED) is 0.785. The maximum atomic E-state index is 13.8. The van der Waals surface area contributed by atoms with Crippen LogP contribution in [0.5, 0.6) is 0 Å². The van der Waals surface area contributed by atoms with Crippen LogP contribution >= 0.6 is 0 Å². The summed E-state index contributed by atoms with van der Waals surface area (Å²) in [4.78, 5) is 23.4. The van der Waals surface area contributed by atoms with Gasteiger partial charge in [-0.05, 0) is 42.4 Å². The third kappa shape index (κ3) is 3.39. The monoisotopic (exact) mass is 430 g/mol. The van der Waals surface area contributed by atoms with Crippen LogP contribution in [0, 0.1) is 29.3 Å². The molecule has 31 heavy (non-hydrogen) atoms. The van der Waals surface area contributed by atoms with Crippen molar-refractivity contribution in [2.75, 3.05) is 12.3 Å². The molecule has 1 saturated heterocycles. The maximum Gasteiger partial charge on any atom is 0.341 e. The van der Waals surface area contributed by atoms with E-state index in [1.54, 1.807) is 11.1 Å². The summed E-state index contributed by atoms with van der Waals surface area (Å²) in [5.41, 5.74) is 6.00. The zero-order valence-electron chi connectivity index (χ0n) is 16.6. The van der Waals surface area contributed by atoms with Crippen molar-refractivity contribution < 1.29 is 18.0 Å². The first kappa shape index (κ1) is 19.8. The lowest BCUT2D eigenvalue weighted by atomic mass is 9.93. The van der Waals surface area contributed by atoms with Crippen LogP contribution in [0.25, 0.3) is 0 Å². The highest BCUT2D eigenvalue weighted by Gasteiger charge is 2.50. The minimum atomic E-state index is -0.710. The van der Waals surface area contributed by atoms with Gasteiger partial charge in [-0.2, -0.15) is 5.10 Å². The van der Waals surface area contributed by atoms with Crippen LogP contribution in [-0.4, -0.2) is 38.7 Å². The Morgan fingerprint density at radius 1 is 1.13 bits per heavy atom. The number of fused-ring (bicyclic) bond motifs is 1. The fraction of sp³-hybridized carbons (Fsp3) is 0.429. The molecule has 1 aliphatic carbocycles. The van der Waals surface area contributed by atoms with Crippen molar-refractivity contribution in [2.45, 2.75) is 37.8 Å². The summed E-state index contributed by atoms with van der Waals surface area (Å²) in [6, 6.07) is 1.75. The average molecular weight is 430 g/mol. The highest BCUT2D eigenvalue weighted by molar-refractivity contribution is 5.79. The van der Waals surface area contributed by atoms with Crippen LogP contribution in [0.15, 0.2) is 29.5 Å². The van der Waals surface area contributed by atoms with E-state index in [4.69, 9.17) is 5.73 Å². The fourth-order valence-corrected chi connectivity index (χ4v) is 5.14. The molecule has 2 N–H and O–H groups in total. The number of hydrogen-bond donors (Lipinski definition) is 1. The largest absolute Gasteiger partial charge is 0.381 e. The van der Waals surface area contributed by atoms with E-state index in [0.29, 0.717) is 24.4 Å². The van der Waals surface area contributed by atoms with E-state index >= 15 is 0 Å². The summed E-state index contributed by atoms with van der Waals surface area (Å²) >= 11 is 0. The second kappa shape index (κ2) is 7.51. The van der Waals surface area contributed by atoms with Crippen molar-refractivity contribution in [3.63, 3.8) is 0 Å². The number of hydrazone groups is 1. The molecule has 10 heteroatoms. The molecule has 2 aliphatic heterocycles. The molecule has 2 fully saturated rings. The van der Waals surface area contributed by atoms with Gasteiger partial charge in [-0.15, -0.1) is 0 Å². The number of likely N-dealkylation sites (tertiary alicyclic amines) is 1. The number of nitrogens with two attached hydrogens (primary N) is 1. The number of nitrogens with zero attached hydrogens (tertiary/aromatic N) is 5. The lowest BCUT2D eigenvalue weighted by Crippen LogP contribution is -2.42. The summed E-state index contributed by atoms with van der Waals surface area (Å²) in [5, 5.41) is 5.46. The van der Waals surface area contributed by atoms with Crippen molar-refractivity contribution >= 4 is 18.1 Å². The predicted octanol–water partition coefficient (Wildman–Crippen LogP) is 3.80. The Bertz CT molecular complexity index is 1040. The predicted molar refractivity (Wildman–Crippen MR) is 106 cm³/mol. The number of nitrogen functional groups attached to an aromatic ring is 1. The SMILES string of the molecule is Nc1nc([C@@H]2[C@H]3CCC[C@@H]3CN2C(=O)N2N=CC[C@H]2c2cc(F)cc(F)c2)ncc1F. The zero-order chi connectivity index (χ0) is 21.7. The third-order valence-corrected chi connectivity index (χ3v) is 6.49. The summed E-state index contributed by atoms with van der Waals surface area (Å²) in [6.07, 6.45) is 5.85. The van der Waals surface area contributed by atoms with E-state index in [0.717, 1.165) is 31.5 Å². The van der Waals surface area contributed by atoms with E-state index < -0.39 is 35.6 Å². The second-order valence-corrected chi connectivity index (χ2v) is 8.29. The summed E-state index contributed by atoms with van der Waals surface area (Å²) in [7, 11) is 0. The van der Waals surface area contributed by atoms with Crippen LogP contribution in [-0.2, 0) is 0 Å². The van der Waals surface area contributed by atoms with E-state index in [1.165, 1.54) is 17.1 Å². The highest BCUT2D eigenvalue weighted by atomic mass is 19.1. The van der Waals surface area contributed by atoms with Gasteiger partial charge in [-0.3, -0.25) is 0 Å². The number of rotatable bonds is 2. The molecule has 0 spiro atoms. The van der Waals surface area contributed by atoms with Gasteiger partial charge in [0.15, 0.2) is 17.5 Å². The molecule has 2 amide bonds. The van der Waals surface area contributed by atoms with Crippen LogP contribution in [0.3, 0.4) is 0 Å². The number of benzene rings is 1. The first-order valence-electron chi connectivity index (χ1n) is 10.3. The van der Waals surface area contributed by atoms with Crippen LogP contribution in [0.2, 0.25) is 0 Å². The van der Waals surface area contributed by atoms with Gasteiger partial charge in [-0.25, -0.2) is 32.9 Å². The smallest absolute Gasteiger partial charge is 0.341 e. The molecule has 1 saturated carbocycles. The molecule has 0 unspecified atom stereocenters. The van der Waals surface area contributed by atoms with Gasteiger partial charge in [0.05, 0.1) is 18.3 Å². The first-order valence-corrected chi connectivity index (χ1v) is 10.3. The number of hydrogen-bond acceptors (Lipinski definition) is 5. The molecular weight excluding hydrogens is 409 g/mol. The Hall–Kier alpha value is -3.17. The molecule has 162 valence electrons. The standard InChI is InChI=1S/C21H21F3N6O/c22-13-6-12(7-14(23)8-13)17-4-5-27-30(17)21(31)29-10-11-2-1-3-15(11)18(29)20-26-9-16(24)19(25)28-20/h5-9,11,15,17-18H,1-4,10H2,(H2,25,26,28)/t11-,15+,17+,18+/m1/s1. The van der Waals surface area contributed by atoms with Crippen LogP contribution in [0.4, 0.5) is 23.8 Å². The van der Waals surface area contributed by atoms with Gasteiger partial charge in [0.25, 0.3) is 0 Å². The molecule has 2 aromatic rings. The second-order valence-electron chi connectivity index (χ2n) is 8.29. The molecular formula is C21H21F3N6O. The van der Waals surface area contributed by atoms with Gasteiger partial charge >= 0.3 is 6.03 Å². The van der Waals surface area contributed by atoms with Crippen molar-refractivity contribution in [3.8, 4) is 0 Å². The van der Waals surface area contributed by atoms with Gasteiger partial charge in [0.1, 0.15) is 11.6 Å². The Morgan fingerprint density at radius 3 is 2.65 bits per heavy atom. The Labute approximate surface area is 176 Å². The summed E-state index contributed by atoms with van der Waals surface area (Å²) in [5.74, 6) is -1.66. The topological polar surface area (TPSA) is 87.7 Å².